The molecular weight excluding hydrogens is 370 g/mol. The van der Waals surface area contributed by atoms with Gasteiger partial charge in [-0.25, -0.2) is 4.79 Å². The number of likely N-dealkylation sites (N-methyl/N-ethyl adjacent to an activating group) is 1. The highest BCUT2D eigenvalue weighted by molar-refractivity contribution is 5.76. The fourth-order valence-electron chi connectivity index (χ4n) is 2.79. The summed E-state index contributed by atoms with van der Waals surface area (Å²) in [4.78, 5) is 25.7. The standard InChI is InChI=1S/C23H29NO5/c1-4-5-13-28-21-14-19(11-12-20(21)26)15-23(2,17-25)24(3)22(27)29-16-18-9-7-6-8-10-18/h6-12,14,17,26H,4-5,13,15-16H2,1-3H3/t23-/m0/s1. The quantitative estimate of drug-likeness (QED) is 0.475. The first-order chi connectivity index (χ1) is 13.9. The van der Waals surface area contributed by atoms with Crippen molar-refractivity contribution in [2.24, 2.45) is 0 Å². The zero-order valence-corrected chi connectivity index (χ0v) is 17.3. The summed E-state index contributed by atoms with van der Waals surface area (Å²) in [6.07, 6.45) is 2.28. The number of aldehydes is 1. The van der Waals surface area contributed by atoms with E-state index < -0.39 is 11.6 Å². The Hall–Kier alpha value is -3.02. The van der Waals surface area contributed by atoms with E-state index in [0.717, 1.165) is 30.3 Å². The summed E-state index contributed by atoms with van der Waals surface area (Å²) in [6, 6.07) is 14.3. The van der Waals surface area contributed by atoms with Crippen LogP contribution >= 0.6 is 0 Å². The number of hydrogen-bond acceptors (Lipinski definition) is 5. The molecule has 1 N–H and O–H groups in total. The van der Waals surface area contributed by atoms with E-state index in [-0.39, 0.29) is 18.8 Å². The molecule has 6 nitrogen and oxygen atoms in total. The third-order valence-corrected chi connectivity index (χ3v) is 4.84. The summed E-state index contributed by atoms with van der Waals surface area (Å²) in [6.45, 7) is 4.37. The molecule has 2 aromatic carbocycles. The highest BCUT2D eigenvalue weighted by Gasteiger charge is 2.34. The average molecular weight is 399 g/mol. The number of phenols is 1. The largest absolute Gasteiger partial charge is 0.504 e. The van der Waals surface area contributed by atoms with E-state index in [2.05, 4.69) is 6.92 Å². The van der Waals surface area contributed by atoms with Crippen LogP contribution < -0.4 is 4.74 Å². The van der Waals surface area contributed by atoms with Gasteiger partial charge in [-0.15, -0.1) is 0 Å². The lowest BCUT2D eigenvalue weighted by atomic mass is 9.93. The Kier molecular flexibility index (Phi) is 8.07. The lowest BCUT2D eigenvalue weighted by molar-refractivity contribution is -0.116. The fourth-order valence-corrected chi connectivity index (χ4v) is 2.79. The van der Waals surface area contributed by atoms with Crippen LogP contribution in [-0.2, 0) is 22.6 Å². The number of rotatable bonds is 10. The van der Waals surface area contributed by atoms with Crippen molar-refractivity contribution < 1.29 is 24.2 Å². The highest BCUT2D eigenvalue weighted by Crippen LogP contribution is 2.29. The fraction of sp³-hybridized carbons (Fsp3) is 0.391. The van der Waals surface area contributed by atoms with Crippen LogP contribution in [0.3, 0.4) is 0 Å². The van der Waals surface area contributed by atoms with Crippen molar-refractivity contribution in [3.8, 4) is 11.5 Å². The van der Waals surface area contributed by atoms with Crippen molar-refractivity contribution in [3.63, 3.8) is 0 Å². The third kappa shape index (κ3) is 6.24. The smallest absolute Gasteiger partial charge is 0.410 e. The van der Waals surface area contributed by atoms with Crippen LogP contribution in [0.2, 0.25) is 0 Å². The van der Waals surface area contributed by atoms with Crippen LogP contribution in [0.1, 0.15) is 37.8 Å². The van der Waals surface area contributed by atoms with E-state index in [4.69, 9.17) is 9.47 Å². The monoisotopic (exact) mass is 399 g/mol. The maximum atomic E-state index is 12.5. The van der Waals surface area contributed by atoms with Gasteiger partial charge in [-0.05, 0) is 36.6 Å². The molecule has 0 heterocycles. The molecule has 1 atom stereocenters. The number of ether oxygens (including phenoxy) is 2. The molecule has 0 aliphatic rings. The van der Waals surface area contributed by atoms with Crippen LogP contribution in [0.4, 0.5) is 4.79 Å². The Morgan fingerprint density at radius 1 is 1.17 bits per heavy atom. The van der Waals surface area contributed by atoms with Gasteiger partial charge in [-0.2, -0.15) is 0 Å². The molecule has 0 spiro atoms. The van der Waals surface area contributed by atoms with Gasteiger partial charge in [-0.3, -0.25) is 4.90 Å². The molecule has 29 heavy (non-hydrogen) atoms. The Morgan fingerprint density at radius 3 is 2.55 bits per heavy atom. The lowest BCUT2D eigenvalue weighted by Crippen LogP contribution is -2.50. The lowest BCUT2D eigenvalue weighted by Gasteiger charge is -2.33. The maximum Gasteiger partial charge on any atom is 0.410 e. The van der Waals surface area contributed by atoms with E-state index in [9.17, 15) is 14.7 Å². The number of carbonyl (C=O) groups excluding carboxylic acids is 2. The number of carbonyl (C=O) groups is 2. The number of phenolic OH excluding ortho intramolecular Hbond substituents is 1. The van der Waals surface area contributed by atoms with Gasteiger partial charge in [-0.1, -0.05) is 49.7 Å². The van der Waals surface area contributed by atoms with Gasteiger partial charge in [0.25, 0.3) is 0 Å². The van der Waals surface area contributed by atoms with Gasteiger partial charge in [0.05, 0.1) is 6.61 Å². The molecule has 0 aromatic heterocycles. The van der Waals surface area contributed by atoms with Gasteiger partial charge >= 0.3 is 6.09 Å². The number of benzene rings is 2. The molecular formula is C23H29NO5. The summed E-state index contributed by atoms with van der Waals surface area (Å²) in [5, 5.41) is 9.99. The van der Waals surface area contributed by atoms with E-state index in [1.54, 1.807) is 26.1 Å². The third-order valence-electron chi connectivity index (χ3n) is 4.84. The molecule has 1 amide bonds. The minimum absolute atomic E-state index is 0.0493. The van der Waals surface area contributed by atoms with Crippen molar-refractivity contribution in [3.05, 3.63) is 59.7 Å². The second kappa shape index (κ2) is 10.5. The van der Waals surface area contributed by atoms with Crippen molar-refractivity contribution >= 4 is 12.4 Å². The number of aromatic hydroxyl groups is 1. The topological polar surface area (TPSA) is 76.1 Å². The Bertz CT molecular complexity index is 808. The molecule has 6 heteroatoms. The molecule has 2 aromatic rings. The van der Waals surface area contributed by atoms with Crippen LogP contribution in [0, 0.1) is 0 Å². The summed E-state index contributed by atoms with van der Waals surface area (Å²) >= 11 is 0. The van der Waals surface area contributed by atoms with Crippen molar-refractivity contribution in [2.75, 3.05) is 13.7 Å². The number of nitrogens with zero attached hydrogens (tertiary/aromatic N) is 1. The van der Waals surface area contributed by atoms with Crippen LogP contribution in [0.25, 0.3) is 0 Å². The summed E-state index contributed by atoms with van der Waals surface area (Å²) in [7, 11) is 1.54. The van der Waals surface area contributed by atoms with Gasteiger partial charge in [0.2, 0.25) is 0 Å². The molecule has 156 valence electrons. The average Bonchev–Trinajstić information content (AvgIpc) is 2.74. The molecule has 0 aliphatic heterocycles. The van der Waals surface area contributed by atoms with Crippen LogP contribution in [-0.4, -0.2) is 41.6 Å². The van der Waals surface area contributed by atoms with E-state index >= 15 is 0 Å². The Morgan fingerprint density at radius 2 is 1.90 bits per heavy atom. The normalized spacial score (nSPS) is 12.7. The van der Waals surface area contributed by atoms with Crippen molar-refractivity contribution in [2.45, 2.75) is 45.3 Å². The first-order valence-electron chi connectivity index (χ1n) is 9.75. The molecule has 0 unspecified atom stereocenters. The van der Waals surface area contributed by atoms with Gasteiger partial charge in [0, 0.05) is 13.5 Å². The minimum atomic E-state index is -1.11. The number of amides is 1. The summed E-state index contributed by atoms with van der Waals surface area (Å²) < 4.78 is 11.0. The zero-order valence-electron chi connectivity index (χ0n) is 17.3. The van der Waals surface area contributed by atoms with Gasteiger partial charge in [0.1, 0.15) is 18.4 Å². The zero-order chi connectivity index (χ0) is 21.3. The van der Waals surface area contributed by atoms with Crippen LogP contribution in [0.5, 0.6) is 11.5 Å². The molecule has 0 aliphatic carbocycles. The summed E-state index contributed by atoms with van der Waals surface area (Å²) in [5.74, 6) is 0.423. The van der Waals surface area contributed by atoms with E-state index in [0.29, 0.717) is 12.4 Å². The predicted molar refractivity (Wildman–Crippen MR) is 111 cm³/mol. The molecule has 0 bridgehead atoms. The summed E-state index contributed by atoms with van der Waals surface area (Å²) in [5.41, 5.74) is 0.534. The van der Waals surface area contributed by atoms with E-state index in [1.165, 1.54) is 11.0 Å². The highest BCUT2D eigenvalue weighted by atomic mass is 16.6. The number of hydrogen-bond donors (Lipinski definition) is 1. The van der Waals surface area contributed by atoms with Crippen molar-refractivity contribution in [1.29, 1.82) is 0 Å². The second-order valence-corrected chi connectivity index (χ2v) is 7.26. The molecule has 0 saturated carbocycles. The SMILES string of the molecule is CCCCOc1cc(C[C@@](C)(C=O)N(C)C(=O)OCc2ccccc2)ccc1O. The predicted octanol–water partition coefficient (Wildman–Crippen LogP) is 4.34. The number of unbranched alkanes of at least 4 members (excludes halogenated alkanes) is 1. The van der Waals surface area contributed by atoms with Crippen molar-refractivity contribution in [1.82, 2.24) is 4.90 Å². The van der Waals surface area contributed by atoms with Crippen LogP contribution in [0.15, 0.2) is 48.5 Å². The van der Waals surface area contributed by atoms with Gasteiger partial charge < -0.3 is 19.4 Å². The maximum absolute atomic E-state index is 12.5. The van der Waals surface area contributed by atoms with E-state index in [1.807, 2.05) is 30.3 Å². The first kappa shape index (κ1) is 22.3. The van der Waals surface area contributed by atoms with Gasteiger partial charge in [0.15, 0.2) is 11.5 Å². The molecule has 0 saturated heterocycles. The molecule has 2 rings (SSSR count). The molecule has 0 fully saturated rings. The second-order valence-electron chi connectivity index (χ2n) is 7.26. The first-order valence-corrected chi connectivity index (χ1v) is 9.75. The molecule has 0 radical (unpaired) electrons. The Labute approximate surface area is 172 Å². The Balaban J connectivity index is 2.06. The minimum Gasteiger partial charge on any atom is -0.504 e.